The highest BCUT2D eigenvalue weighted by molar-refractivity contribution is 5.70. The van der Waals surface area contributed by atoms with Crippen LogP contribution in [0.25, 0.3) is 0 Å². The molecule has 0 aliphatic heterocycles. The van der Waals surface area contributed by atoms with Crippen LogP contribution in [-0.4, -0.2) is 37.9 Å². The summed E-state index contributed by atoms with van der Waals surface area (Å²) in [4.78, 5) is 25.5. The molecule has 1 atom stereocenters. The first-order valence-electron chi connectivity index (χ1n) is 29.5. The maximum atomic E-state index is 12.8. The van der Waals surface area contributed by atoms with Gasteiger partial charge < -0.3 is 14.2 Å². The molecule has 1 unspecified atom stereocenters. The minimum Gasteiger partial charge on any atom is -0.462 e. The minimum atomic E-state index is -0.536. The summed E-state index contributed by atoms with van der Waals surface area (Å²) in [6, 6.07) is 0. The Kier molecular flexibility index (Phi) is 55.8. The van der Waals surface area contributed by atoms with Gasteiger partial charge in [0.05, 0.1) is 6.61 Å². The zero-order valence-corrected chi connectivity index (χ0v) is 44.7. The van der Waals surface area contributed by atoms with Gasteiger partial charge in [-0.2, -0.15) is 0 Å². The number of carbonyl (C=O) groups is 2. The van der Waals surface area contributed by atoms with Crippen molar-refractivity contribution < 1.29 is 23.8 Å². The monoisotopic (exact) mass is 927 g/mol. The van der Waals surface area contributed by atoms with Gasteiger partial charge in [0.1, 0.15) is 6.61 Å². The summed E-state index contributed by atoms with van der Waals surface area (Å²) in [5.41, 5.74) is 0. The number of allylic oxidation sites excluding steroid dienone is 6. The van der Waals surface area contributed by atoms with Gasteiger partial charge in [-0.3, -0.25) is 9.59 Å². The molecule has 66 heavy (non-hydrogen) atoms. The van der Waals surface area contributed by atoms with E-state index in [-0.39, 0.29) is 18.5 Å². The zero-order valence-electron chi connectivity index (χ0n) is 44.7. The summed E-state index contributed by atoms with van der Waals surface area (Å²) in [7, 11) is 0. The van der Waals surface area contributed by atoms with Gasteiger partial charge in [-0.25, -0.2) is 0 Å². The second-order valence-corrected chi connectivity index (χ2v) is 19.9. The van der Waals surface area contributed by atoms with Crippen molar-refractivity contribution in [3.63, 3.8) is 0 Å². The Hall–Kier alpha value is -1.88. The molecule has 388 valence electrons. The van der Waals surface area contributed by atoms with E-state index in [2.05, 4.69) is 57.2 Å². The van der Waals surface area contributed by atoms with Crippen molar-refractivity contribution in [3.05, 3.63) is 36.5 Å². The van der Waals surface area contributed by atoms with Crippen LogP contribution in [0.1, 0.15) is 316 Å². The van der Waals surface area contributed by atoms with Crippen LogP contribution in [0, 0.1) is 0 Å². The Bertz CT molecular complexity index is 1050. The summed E-state index contributed by atoms with van der Waals surface area (Å²) in [5.74, 6) is -0.393. The molecule has 0 saturated heterocycles. The summed E-state index contributed by atoms with van der Waals surface area (Å²) in [5, 5.41) is 0. The predicted molar refractivity (Wildman–Crippen MR) is 288 cm³/mol. The number of esters is 2. The zero-order chi connectivity index (χ0) is 47.7. The van der Waals surface area contributed by atoms with Crippen molar-refractivity contribution in [2.24, 2.45) is 0 Å². The summed E-state index contributed by atoms with van der Waals surface area (Å²) >= 11 is 0. The number of unbranched alkanes of at least 4 members (excludes halogenated alkanes) is 38. The SMILES string of the molecule is CCCCC/C=C\C/C=C\C/C=C\CCCCCCCCC(=O)OCC(COCCCCCCCCCCCCCCCCCCCCCC)OC(=O)CCCCCCCCCCCCC. The fourth-order valence-electron chi connectivity index (χ4n) is 8.76. The smallest absolute Gasteiger partial charge is 0.306 e. The molecule has 0 fully saturated rings. The average molecular weight is 928 g/mol. The molecule has 5 nitrogen and oxygen atoms in total. The van der Waals surface area contributed by atoms with Crippen molar-refractivity contribution >= 4 is 11.9 Å². The van der Waals surface area contributed by atoms with Gasteiger partial charge in [-0.15, -0.1) is 0 Å². The molecule has 0 aromatic carbocycles. The van der Waals surface area contributed by atoms with E-state index in [0.29, 0.717) is 26.1 Å². The third-order valence-corrected chi connectivity index (χ3v) is 13.2. The van der Waals surface area contributed by atoms with Crippen LogP contribution in [0.2, 0.25) is 0 Å². The number of ether oxygens (including phenoxy) is 3. The molecule has 0 radical (unpaired) electrons. The molecule has 0 spiro atoms. The summed E-state index contributed by atoms with van der Waals surface area (Å²) in [6.07, 6.45) is 70.3. The number of carbonyl (C=O) groups excluding carboxylic acids is 2. The maximum absolute atomic E-state index is 12.8. The molecule has 0 heterocycles. The van der Waals surface area contributed by atoms with Gasteiger partial charge in [0.15, 0.2) is 6.10 Å². The van der Waals surface area contributed by atoms with E-state index >= 15 is 0 Å². The number of hydrogen-bond acceptors (Lipinski definition) is 5. The van der Waals surface area contributed by atoms with Crippen LogP contribution in [0.5, 0.6) is 0 Å². The maximum Gasteiger partial charge on any atom is 0.306 e. The van der Waals surface area contributed by atoms with E-state index in [1.807, 2.05) is 0 Å². The van der Waals surface area contributed by atoms with Crippen molar-refractivity contribution in [1.82, 2.24) is 0 Å². The highest BCUT2D eigenvalue weighted by atomic mass is 16.6. The van der Waals surface area contributed by atoms with Gasteiger partial charge in [-0.1, -0.05) is 282 Å². The molecule has 0 aliphatic rings. The van der Waals surface area contributed by atoms with Gasteiger partial charge in [-0.05, 0) is 57.8 Å². The van der Waals surface area contributed by atoms with E-state index < -0.39 is 6.10 Å². The van der Waals surface area contributed by atoms with Gasteiger partial charge in [0.2, 0.25) is 0 Å². The molecule has 0 N–H and O–H groups in total. The first kappa shape index (κ1) is 64.1. The molecule has 0 amide bonds. The highest BCUT2D eigenvalue weighted by Crippen LogP contribution is 2.17. The van der Waals surface area contributed by atoms with Gasteiger partial charge >= 0.3 is 11.9 Å². The van der Waals surface area contributed by atoms with Crippen LogP contribution in [0.4, 0.5) is 0 Å². The third kappa shape index (κ3) is 54.7. The van der Waals surface area contributed by atoms with Crippen LogP contribution < -0.4 is 0 Å². The van der Waals surface area contributed by atoms with Gasteiger partial charge in [0.25, 0.3) is 0 Å². The molecular formula is C61H114O5. The average Bonchev–Trinajstić information content (AvgIpc) is 3.32. The summed E-state index contributed by atoms with van der Waals surface area (Å²) in [6.45, 7) is 7.85. The second kappa shape index (κ2) is 57.4. The normalized spacial score (nSPS) is 12.3. The van der Waals surface area contributed by atoms with Crippen molar-refractivity contribution in [2.45, 2.75) is 322 Å². The molecule has 0 bridgehead atoms. The van der Waals surface area contributed by atoms with Crippen LogP contribution in [0.15, 0.2) is 36.5 Å². The Morgan fingerprint density at radius 3 is 1.05 bits per heavy atom. The molecule has 5 heteroatoms. The lowest BCUT2D eigenvalue weighted by Crippen LogP contribution is -2.30. The molecule has 0 aromatic heterocycles. The largest absolute Gasteiger partial charge is 0.462 e. The summed E-state index contributed by atoms with van der Waals surface area (Å²) < 4.78 is 17.5. The molecule has 0 rings (SSSR count). The Labute approximate surface area is 412 Å². The minimum absolute atomic E-state index is 0.0849. The third-order valence-electron chi connectivity index (χ3n) is 13.2. The Morgan fingerprint density at radius 1 is 0.333 bits per heavy atom. The second-order valence-electron chi connectivity index (χ2n) is 19.9. The lowest BCUT2D eigenvalue weighted by Gasteiger charge is -2.18. The van der Waals surface area contributed by atoms with Crippen molar-refractivity contribution in [1.29, 1.82) is 0 Å². The fraction of sp³-hybridized carbons (Fsp3) is 0.869. The molecular weight excluding hydrogens is 813 g/mol. The molecule has 0 aromatic rings. The molecule has 0 saturated carbocycles. The topological polar surface area (TPSA) is 61.8 Å². The van der Waals surface area contributed by atoms with E-state index in [4.69, 9.17) is 14.2 Å². The van der Waals surface area contributed by atoms with Gasteiger partial charge in [0, 0.05) is 19.4 Å². The van der Waals surface area contributed by atoms with E-state index in [9.17, 15) is 9.59 Å². The lowest BCUT2D eigenvalue weighted by molar-refractivity contribution is -0.163. The van der Waals surface area contributed by atoms with Crippen molar-refractivity contribution in [3.8, 4) is 0 Å². The standard InChI is InChI=1S/C61H114O5/c1-4-7-10-13-16-19-22-24-26-28-30-32-34-36-38-41-44-47-50-53-56-64-57-59(66-61(63)55-52-49-46-43-39-21-18-15-12-9-6-3)58-65-60(62)54-51-48-45-42-40-37-35-33-31-29-27-25-23-20-17-14-11-8-5-2/h17,20,25,27,31,33,59H,4-16,18-19,21-24,26,28-30,32,34-58H2,1-3H3/b20-17-,27-25-,33-31-. The van der Waals surface area contributed by atoms with Crippen LogP contribution >= 0.6 is 0 Å². The highest BCUT2D eigenvalue weighted by Gasteiger charge is 2.17. The van der Waals surface area contributed by atoms with E-state index in [1.54, 1.807) is 0 Å². The van der Waals surface area contributed by atoms with Crippen LogP contribution in [-0.2, 0) is 23.8 Å². The Balaban J connectivity index is 4.17. The van der Waals surface area contributed by atoms with E-state index in [1.165, 1.54) is 225 Å². The quantitative estimate of drug-likeness (QED) is 0.0345. The number of rotatable bonds is 55. The predicted octanol–water partition coefficient (Wildman–Crippen LogP) is 20.1. The first-order chi connectivity index (χ1) is 32.6. The Morgan fingerprint density at radius 2 is 0.636 bits per heavy atom. The number of hydrogen-bond donors (Lipinski definition) is 0. The molecule has 0 aliphatic carbocycles. The van der Waals surface area contributed by atoms with Crippen LogP contribution in [0.3, 0.4) is 0 Å². The first-order valence-corrected chi connectivity index (χ1v) is 29.5. The van der Waals surface area contributed by atoms with E-state index in [0.717, 1.165) is 57.8 Å². The fourth-order valence-corrected chi connectivity index (χ4v) is 8.76. The lowest BCUT2D eigenvalue weighted by atomic mass is 10.0. The van der Waals surface area contributed by atoms with Crippen molar-refractivity contribution in [2.75, 3.05) is 19.8 Å².